The Morgan fingerprint density at radius 2 is 0.674 bits per heavy atom. The highest BCUT2D eigenvalue weighted by atomic mass is 32.1. The van der Waals surface area contributed by atoms with E-state index in [1.807, 2.05) is 22.7 Å². The molecular weight excluding hydrogens is 597 g/mol. The molecule has 11 rings (SSSR count). The summed E-state index contributed by atoms with van der Waals surface area (Å²) in [4.78, 5) is 0. The minimum absolute atomic E-state index is 1.17. The monoisotopic (exact) mass is 620 g/mol. The number of rotatable bonds is 2. The van der Waals surface area contributed by atoms with Crippen molar-refractivity contribution in [1.29, 1.82) is 0 Å². The zero-order valence-electron chi connectivity index (χ0n) is 24.6. The Morgan fingerprint density at radius 1 is 0.283 bits per heavy atom. The number of fused-ring (bicyclic) bond motifs is 12. The quantitative estimate of drug-likeness (QED) is 0.182. The lowest BCUT2D eigenvalue weighted by atomic mass is 10.1. The largest absolute Gasteiger partial charge is 0.309 e. The smallest absolute Gasteiger partial charge is 0.0555 e. The molecule has 0 saturated carbocycles. The minimum atomic E-state index is 1.17. The fourth-order valence-corrected chi connectivity index (χ4v) is 9.92. The van der Waals surface area contributed by atoms with E-state index in [1.165, 1.54) is 95.3 Å². The molecule has 2 nitrogen and oxygen atoms in total. The molecule has 11 aromatic rings. The molecule has 4 heteroatoms. The van der Waals surface area contributed by atoms with E-state index in [1.54, 1.807) is 0 Å². The van der Waals surface area contributed by atoms with Gasteiger partial charge in [-0.2, -0.15) is 0 Å². The number of aromatic nitrogens is 2. The third kappa shape index (κ3) is 3.30. The first-order valence-corrected chi connectivity index (χ1v) is 17.2. The molecule has 214 valence electrons. The van der Waals surface area contributed by atoms with Crippen molar-refractivity contribution in [3.05, 3.63) is 146 Å². The summed E-state index contributed by atoms with van der Waals surface area (Å²) in [7, 11) is 0. The molecule has 0 saturated heterocycles. The minimum Gasteiger partial charge on any atom is -0.309 e. The molecule has 0 aliphatic carbocycles. The summed E-state index contributed by atoms with van der Waals surface area (Å²) >= 11 is 3.76. The molecule has 0 spiro atoms. The lowest BCUT2D eigenvalue weighted by molar-refractivity contribution is 1.15. The molecule has 4 aromatic heterocycles. The van der Waals surface area contributed by atoms with Crippen molar-refractivity contribution in [2.24, 2.45) is 0 Å². The summed E-state index contributed by atoms with van der Waals surface area (Å²) in [5.41, 5.74) is 7.30. The van der Waals surface area contributed by atoms with Crippen LogP contribution in [-0.4, -0.2) is 9.13 Å². The van der Waals surface area contributed by atoms with Crippen LogP contribution in [0.2, 0.25) is 0 Å². The fourth-order valence-electron chi connectivity index (χ4n) is 7.68. The van der Waals surface area contributed by atoms with Crippen LogP contribution in [0.15, 0.2) is 146 Å². The molecule has 0 fully saturated rings. The van der Waals surface area contributed by atoms with Crippen LogP contribution in [0.25, 0.3) is 95.3 Å². The van der Waals surface area contributed by atoms with E-state index in [-0.39, 0.29) is 0 Å². The second-order valence-electron chi connectivity index (χ2n) is 12.1. The summed E-state index contributed by atoms with van der Waals surface area (Å²) in [6.45, 7) is 0. The van der Waals surface area contributed by atoms with E-state index in [9.17, 15) is 0 Å². The van der Waals surface area contributed by atoms with Crippen molar-refractivity contribution in [2.45, 2.75) is 0 Å². The summed E-state index contributed by atoms with van der Waals surface area (Å²) in [5, 5.41) is 10.5. The summed E-state index contributed by atoms with van der Waals surface area (Å²) in [6.07, 6.45) is 0. The lowest BCUT2D eigenvalue weighted by Gasteiger charge is -2.12. The number of benzene rings is 7. The number of hydrogen-bond acceptors (Lipinski definition) is 2. The van der Waals surface area contributed by atoms with Gasteiger partial charge in [-0.05, 0) is 72.8 Å². The Labute approximate surface area is 271 Å². The fraction of sp³-hybridized carbons (Fsp3) is 0. The Kier molecular flexibility index (Phi) is 4.90. The van der Waals surface area contributed by atoms with Gasteiger partial charge in [-0.1, -0.05) is 72.8 Å². The molecule has 0 bridgehead atoms. The first-order valence-electron chi connectivity index (χ1n) is 15.6. The Bertz CT molecular complexity index is 2810. The van der Waals surface area contributed by atoms with Gasteiger partial charge in [-0.3, -0.25) is 0 Å². The maximum Gasteiger partial charge on any atom is 0.0555 e. The number of nitrogens with zero attached hydrogens (tertiary/aromatic N) is 2. The predicted octanol–water partition coefficient (Wildman–Crippen LogP) is 12.6. The van der Waals surface area contributed by atoms with Crippen LogP contribution in [0, 0.1) is 0 Å². The van der Waals surface area contributed by atoms with Crippen LogP contribution in [0.1, 0.15) is 0 Å². The van der Waals surface area contributed by atoms with Crippen molar-refractivity contribution in [3.63, 3.8) is 0 Å². The van der Waals surface area contributed by atoms with E-state index < -0.39 is 0 Å². The average molecular weight is 621 g/mol. The number of para-hydroxylation sites is 2. The Balaban J connectivity index is 1.14. The van der Waals surface area contributed by atoms with Crippen LogP contribution in [0.5, 0.6) is 0 Å². The van der Waals surface area contributed by atoms with Crippen LogP contribution in [0.4, 0.5) is 0 Å². The second kappa shape index (κ2) is 9.07. The van der Waals surface area contributed by atoms with Gasteiger partial charge >= 0.3 is 0 Å². The van der Waals surface area contributed by atoms with Crippen molar-refractivity contribution in [2.75, 3.05) is 0 Å². The van der Waals surface area contributed by atoms with Crippen LogP contribution >= 0.6 is 22.7 Å². The highest BCUT2D eigenvalue weighted by molar-refractivity contribution is 7.26. The maximum atomic E-state index is 2.44. The Morgan fingerprint density at radius 3 is 1.13 bits per heavy atom. The van der Waals surface area contributed by atoms with Gasteiger partial charge in [0.25, 0.3) is 0 Å². The van der Waals surface area contributed by atoms with Gasteiger partial charge in [0.2, 0.25) is 0 Å². The molecule has 7 aromatic carbocycles. The normalized spacial score (nSPS) is 12.3. The predicted molar refractivity (Wildman–Crippen MR) is 201 cm³/mol. The van der Waals surface area contributed by atoms with Crippen LogP contribution in [0.3, 0.4) is 0 Å². The van der Waals surface area contributed by atoms with Crippen molar-refractivity contribution in [3.8, 4) is 11.4 Å². The SMILES string of the molecule is c1ccc2c(c1)sc1cc3c(cc12)c1ccccc1n3-c1ccc(-n2c3ccccc3c3cc4c(cc32)sc2ccccc24)cc1. The Hall–Kier alpha value is -5.42. The molecular formula is C42H24N2S2. The van der Waals surface area contributed by atoms with E-state index >= 15 is 0 Å². The van der Waals surface area contributed by atoms with Gasteiger partial charge in [-0.15, -0.1) is 22.7 Å². The molecule has 0 N–H and O–H groups in total. The summed E-state index contributed by atoms with van der Waals surface area (Å²) in [5.74, 6) is 0. The third-order valence-corrected chi connectivity index (χ3v) is 12.0. The molecule has 0 aliphatic rings. The van der Waals surface area contributed by atoms with Gasteiger partial charge in [0.1, 0.15) is 0 Å². The number of hydrogen-bond donors (Lipinski definition) is 0. The van der Waals surface area contributed by atoms with Gasteiger partial charge < -0.3 is 9.13 Å². The molecule has 46 heavy (non-hydrogen) atoms. The molecule has 4 heterocycles. The van der Waals surface area contributed by atoms with Crippen molar-refractivity contribution >= 4 is 107 Å². The topological polar surface area (TPSA) is 9.86 Å². The highest BCUT2D eigenvalue weighted by Crippen LogP contribution is 2.42. The lowest BCUT2D eigenvalue weighted by Crippen LogP contribution is -1.97. The van der Waals surface area contributed by atoms with Crippen molar-refractivity contribution in [1.82, 2.24) is 9.13 Å². The van der Waals surface area contributed by atoms with E-state index in [2.05, 4.69) is 155 Å². The zero-order valence-corrected chi connectivity index (χ0v) is 26.2. The van der Waals surface area contributed by atoms with E-state index in [0.29, 0.717) is 0 Å². The molecule has 0 radical (unpaired) electrons. The molecule has 0 aliphatic heterocycles. The van der Waals surface area contributed by atoms with Gasteiger partial charge in [-0.25, -0.2) is 0 Å². The zero-order chi connectivity index (χ0) is 29.9. The van der Waals surface area contributed by atoms with Gasteiger partial charge in [0.05, 0.1) is 22.1 Å². The van der Waals surface area contributed by atoms with Gasteiger partial charge in [0, 0.05) is 73.3 Å². The summed E-state index contributed by atoms with van der Waals surface area (Å²) in [6, 6.07) is 53.9. The van der Waals surface area contributed by atoms with Crippen molar-refractivity contribution < 1.29 is 0 Å². The first kappa shape index (κ1) is 24.8. The first-order chi connectivity index (χ1) is 22.8. The molecule has 0 amide bonds. The standard InChI is InChI=1S/C42H24N2S2/c1-5-13-35-27(9-1)31-21-33-29-11-3-7-15-39(29)45-41(33)23-37(31)43(35)25-17-19-26(20-18-25)44-36-14-6-2-10-28(36)32-22-34-30-12-4-8-16-40(30)46-42(34)24-38(32)44/h1-24H. The summed E-state index contributed by atoms with van der Waals surface area (Å²) < 4.78 is 10.2. The molecule has 0 unspecified atom stereocenters. The van der Waals surface area contributed by atoms with E-state index in [0.717, 1.165) is 0 Å². The number of thiophene rings is 2. The van der Waals surface area contributed by atoms with Crippen LogP contribution < -0.4 is 0 Å². The molecule has 0 atom stereocenters. The maximum absolute atomic E-state index is 2.44. The average Bonchev–Trinajstić information content (AvgIpc) is 3.84. The second-order valence-corrected chi connectivity index (χ2v) is 14.3. The van der Waals surface area contributed by atoms with Gasteiger partial charge in [0.15, 0.2) is 0 Å². The van der Waals surface area contributed by atoms with E-state index in [4.69, 9.17) is 0 Å². The third-order valence-electron chi connectivity index (χ3n) is 9.71. The highest BCUT2D eigenvalue weighted by Gasteiger charge is 2.18. The van der Waals surface area contributed by atoms with Crippen LogP contribution in [-0.2, 0) is 0 Å².